The van der Waals surface area contributed by atoms with E-state index in [0.29, 0.717) is 55.9 Å². The van der Waals surface area contributed by atoms with Crippen LogP contribution in [0, 0.1) is 0 Å². The van der Waals surface area contributed by atoms with E-state index < -0.39 is 11.3 Å². The lowest BCUT2D eigenvalue weighted by Crippen LogP contribution is -2.54. The smallest absolute Gasteiger partial charge is 0.408 e. The summed E-state index contributed by atoms with van der Waals surface area (Å²) in [7, 11) is 3.88. The van der Waals surface area contributed by atoms with Crippen LogP contribution in [-0.2, 0) is 16.1 Å². The second-order valence-corrected chi connectivity index (χ2v) is 6.73. The van der Waals surface area contributed by atoms with E-state index in [1.807, 2.05) is 19.0 Å². The molecule has 1 aliphatic heterocycles. The third kappa shape index (κ3) is 5.24. The highest BCUT2D eigenvalue weighted by atomic mass is 35.5. The maximum Gasteiger partial charge on any atom is 0.419 e. The van der Waals surface area contributed by atoms with Gasteiger partial charge in [0, 0.05) is 32.0 Å². The van der Waals surface area contributed by atoms with Gasteiger partial charge in [0.2, 0.25) is 5.91 Å². The van der Waals surface area contributed by atoms with Gasteiger partial charge >= 0.3 is 5.76 Å². The summed E-state index contributed by atoms with van der Waals surface area (Å²) in [5, 5.41) is 2.86. The summed E-state index contributed by atoms with van der Waals surface area (Å²) in [5.74, 6) is -0.638. The number of hydrogen-bond donors (Lipinski definition) is 2. The zero-order chi connectivity index (χ0) is 18.0. The molecule has 2 aromatic rings. The number of fused-ring (bicyclic) bond motifs is 1. The van der Waals surface area contributed by atoms with E-state index in [-0.39, 0.29) is 30.7 Å². The first-order chi connectivity index (χ1) is 11.9. The van der Waals surface area contributed by atoms with Crippen LogP contribution < -0.4 is 16.8 Å². The Balaban J connectivity index is 0.00000182. The van der Waals surface area contributed by atoms with Crippen LogP contribution in [-0.4, -0.2) is 54.8 Å². The molecule has 3 rings (SSSR count). The normalized spacial score (nSPS) is 15.9. The molecule has 0 radical (unpaired) electrons. The fourth-order valence-electron chi connectivity index (χ4n) is 2.87. The summed E-state index contributed by atoms with van der Waals surface area (Å²) in [6.07, 6.45) is 0.973. The fraction of sp³-hybridized carbons (Fsp3) is 0.529. The van der Waals surface area contributed by atoms with Gasteiger partial charge in [0.15, 0.2) is 5.58 Å². The van der Waals surface area contributed by atoms with Crippen molar-refractivity contribution in [3.8, 4) is 0 Å². The number of anilines is 1. The van der Waals surface area contributed by atoms with Crippen LogP contribution in [0.25, 0.3) is 11.1 Å². The lowest BCUT2D eigenvalue weighted by atomic mass is 9.90. The van der Waals surface area contributed by atoms with E-state index in [1.54, 1.807) is 22.8 Å². The molecular weight excluding hydrogens is 395 g/mol. The molecule has 2 heterocycles. The molecule has 1 amide bonds. The van der Waals surface area contributed by atoms with Gasteiger partial charge in [-0.1, -0.05) is 0 Å². The van der Waals surface area contributed by atoms with Crippen molar-refractivity contribution in [2.24, 2.45) is 5.73 Å². The Kier molecular flexibility index (Phi) is 8.31. The van der Waals surface area contributed by atoms with Crippen molar-refractivity contribution in [2.75, 3.05) is 39.2 Å². The van der Waals surface area contributed by atoms with Crippen LogP contribution in [0.3, 0.4) is 0 Å². The number of aromatic nitrogens is 1. The van der Waals surface area contributed by atoms with Gasteiger partial charge in [0.05, 0.1) is 5.52 Å². The molecule has 0 spiro atoms. The van der Waals surface area contributed by atoms with E-state index in [2.05, 4.69) is 5.32 Å². The molecule has 10 heteroatoms. The summed E-state index contributed by atoms with van der Waals surface area (Å²) in [4.78, 5) is 26.6. The summed E-state index contributed by atoms with van der Waals surface area (Å²) in [6.45, 7) is 2.18. The first kappa shape index (κ1) is 23.5. The van der Waals surface area contributed by atoms with Crippen molar-refractivity contribution in [3.63, 3.8) is 0 Å². The number of ether oxygens (including phenoxy) is 1. The molecule has 0 aliphatic carbocycles. The van der Waals surface area contributed by atoms with Gasteiger partial charge in [-0.3, -0.25) is 9.36 Å². The standard InChI is InChI=1S/C17H24N4O4.2ClH/c1-20(2)7-8-21-13-11-12(3-4-14(13)25-16(21)23)19-15(22)17(18)5-9-24-10-6-17;;/h3-4,11H,5-10,18H2,1-2H3,(H,19,22);2*1H. The number of carbonyl (C=O) groups excluding carboxylic acids is 1. The molecule has 0 atom stereocenters. The number of likely N-dealkylation sites (N-methyl/N-ethyl adjacent to an activating group) is 1. The Bertz CT molecular complexity index is 828. The molecule has 27 heavy (non-hydrogen) atoms. The van der Waals surface area contributed by atoms with E-state index in [0.717, 1.165) is 0 Å². The minimum Gasteiger partial charge on any atom is -0.408 e. The number of amides is 1. The molecular formula is C17H26Cl2N4O4. The highest BCUT2D eigenvalue weighted by Crippen LogP contribution is 2.22. The molecule has 1 aromatic heterocycles. The predicted molar refractivity (Wildman–Crippen MR) is 109 cm³/mol. The Morgan fingerprint density at radius 3 is 2.59 bits per heavy atom. The molecule has 0 saturated carbocycles. The number of carbonyl (C=O) groups is 1. The third-order valence-electron chi connectivity index (χ3n) is 4.53. The second-order valence-electron chi connectivity index (χ2n) is 6.73. The number of nitrogens with one attached hydrogen (secondary N) is 1. The number of nitrogens with two attached hydrogens (primary N) is 1. The molecule has 0 unspecified atom stereocenters. The van der Waals surface area contributed by atoms with Crippen molar-refractivity contribution in [2.45, 2.75) is 24.9 Å². The van der Waals surface area contributed by atoms with Crippen molar-refractivity contribution in [1.82, 2.24) is 9.47 Å². The minimum absolute atomic E-state index is 0. The fourth-order valence-corrected chi connectivity index (χ4v) is 2.87. The largest absolute Gasteiger partial charge is 0.419 e. The van der Waals surface area contributed by atoms with Gasteiger partial charge in [-0.25, -0.2) is 4.79 Å². The molecule has 1 saturated heterocycles. The van der Waals surface area contributed by atoms with Gasteiger partial charge in [0.1, 0.15) is 5.54 Å². The summed E-state index contributed by atoms with van der Waals surface area (Å²) >= 11 is 0. The number of halogens is 2. The summed E-state index contributed by atoms with van der Waals surface area (Å²) in [5.41, 5.74) is 7.03. The van der Waals surface area contributed by atoms with Crippen LogP contribution in [0.5, 0.6) is 0 Å². The highest BCUT2D eigenvalue weighted by molar-refractivity contribution is 5.99. The summed E-state index contributed by atoms with van der Waals surface area (Å²) in [6, 6.07) is 5.14. The number of benzene rings is 1. The lowest BCUT2D eigenvalue weighted by molar-refractivity contribution is -0.124. The maximum absolute atomic E-state index is 12.5. The van der Waals surface area contributed by atoms with Crippen LogP contribution in [0.2, 0.25) is 0 Å². The molecule has 1 aromatic carbocycles. The second kappa shape index (κ2) is 9.57. The van der Waals surface area contributed by atoms with Crippen LogP contribution in [0.1, 0.15) is 12.8 Å². The average Bonchev–Trinajstić information content (AvgIpc) is 2.88. The van der Waals surface area contributed by atoms with Crippen molar-refractivity contribution in [1.29, 1.82) is 0 Å². The predicted octanol–water partition coefficient (Wildman–Crippen LogP) is 1.45. The molecule has 3 N–H and O–H groups in total. The Morgan fingerprint density at radius 1 is 1.30 bits per heavy atom. The monoisotopic (exact) mass is 420 g/mol. The van der Waals surface area contributed by atoms with E-state index in [4.69, 9.17) is 14.9 Å². The average molecular weight is 421 g/mol. The molecule has 1 aliphatic rings. The molecule has 0 bridgehead atoms. The minimum atomic E-state index is -0.922. The van der Waals surface area contributed by atoms with Gasteiger partial charge in [0.25, 0.3) is 0 Å². The van der Waals surface area contributed by atoms with Crippen LogP contribution in [0.4, 0.5) is 5.69 Å². The third-order valence-corrected chi connectivity index (χ3v) is 4.53. The van der Waals surface area contributed by atoms with Crippen molar-refractivity contribution in [3.05, 3.63) is 28.7 Å². The lowest BCUT2D eigenvalue weighted by Gasteiger charge is -2.31. The van der Waals surface area contributed by atoms with Crippen LogP contribution in [0.15, 0.2) is 27.4 Å². The Hall–Kier alpha value is -1.58. The first-order valence-corrected chi connectivity index (χ1v) is 8.35. The number of rotatable bonds is 5. The quantitative estimate of drug-likeness (QED) is 0.758. The van der Waals surface area contributed by atoms with Crippen LogP contribution >= 0.6 is 24.8 Å². The van der Waals surface area contributed by atoms with E-state index in [9.17, 15) is 9.59 Å². The van der Waals surface area contributed by atoms with Gasteiger partial charge in [-0.2, -0.15) is 0 Å². The topological polar surface area (TPSA) is 103 Å². The van der Waals surface area contributed by atoms with E-state index in [1.165, 1.54) is 0 Å². The van der Waals surface area contributed by atoms with E-state index >= 15 is 0 Å². The number of hydrogen-bond acceptors (Lipinski definition) is 6. The van der Waals surface area contributed by atoms with Crippen molar-refractivity contribution >= 4 is 47.5 Å². The Labute approximate surface area is 169 Å². The van der Waals surface area contributed by atoms with Crippen molar-refractivity contribution < 1.29 is 13.9 Å². The SMILES string of the molecule is CN(C)CCn1c(=O)oc2ccc(NC(=O)C3(N)CCOCC3)cc21.Cl.Cl. The molecule has 8 nitrogen and oxygen atoms in total. The number of oxazole rings is 1. The molecule has 1 fully saturated rings. The number of nitrogens with zero attached hydrogens (tertiary/aromatic N) is 2. The van der Waals surface area contributed by atoms with Gasteiger partial charge in [-0.05, 0) is 45.1 Å². The summed E-state index contributed by atoms with van der Waals surface area (Å²) < 4.78 is 12.1. The van der Waals surface area contributed by atoms with Gasteiger partial charge < -0.3 is 25.1 Å². The van der Waals surface area contributed by atoms with Gasteiger partial charge in [-0.15, -0.1) is 24.8 Å². The zero-order valence-corrected chi connectivity index (χ0v) is 17.0. The zero-order valence-electron chi connectivity index (χ0n) is 15.4. The highest BCUT2D eigenvalue weighted by Gasteiger charge is 2.36. The maximum atomic E-state index is 12.5. The Morgan fingerprint density at radius 2 is 1.96 bits per heavy atom. The molecule has 152 valence electrons. The first-order valence-electron chi connectivity index (χ1n) is 8.35.